The first-order valence-electron chi connectivity index (χ1n) is 10.3. The van der Waals surface area contributed by atoms with Crippen LogP contribution in [0.4, 0.5) is 10.1 Å². The smallest absolute Gasteiger partial charge is 0.270 e. The van der Waals surface area contributed by atoms with Crippen LogP contribution >= 0.6 is 0 Å². The van der Waals surface area contributed by atoms with Gasteiger partial charge in [-0.15, -0.1) is 0 Å². The van der Waals surface area contributed by atoms with E-state index in [9.17, 15) is 14.4 Å². The van der Waals surface area contributed by atoms with E-state index >= 15 is 0 Å². The molecule has 0 aliphatic carbocycles. The standard InChI is InChI=1S/C23H28FN3O2/c1-2-3-13-27-14-9-21(20(18-25)22(27)28)26-15-10-23(11-16-26,29-17-12-24)19-7-5-4-6-8-19/h4-9,14H,2-3,10-13,15-17H2,1H3. The first-order chi connectivity index (χ1) is 14.1. The van der Waals surface area contributed by atoms with Crippen LogP contribution in [0.5, 0.6) is 0 Å². The monoisotopic (exact) mass is 397 g/mol. The van der Waals surface area contributed by atoms with Crippen molar-refractivity contribution in [2.75, 3.05) is 31.3 Å². The van der Waals surface area contributed by atoms with Gasteiger partial charge in [0.15, 0.2) is 0 Å². The molecule has 3 rings (SSSR count). The summed E-state index contributed by atoms with van der Waals surface area (Å²) >= 11 is 0. The first-order valence-corrected chi connectivity index (χ1v) is 10.3. The van der Waals surface area contributed by atoms with Gasteiger partial charge in [0.1, 0.15) is 18.3 Å². The molecule has 1 fully saturated rings. The van der Waals surface area contributed by atoms with Crippen molar-refractivity contribution in [3.63, 3.8) is 0 Å². The van der Waals surface area contributed by atoms with E-state index < -0.39 is 12.3 Å². The number of anilines is 1. The van der Waals surface area contributed by atoms with E-state index in [0.29, 0.717) is 38.2 Å². The van der Waals surface area contributed by atoms with E-state index in [0.717, 1.165) is 18.4 Å². The maximum atomic E-state index is 12.8. The summed E-state index contributed by atoms with van der Waals surface area (Å²) in [5, 5.41) is 9.62. The van der Waals surface area contributed by atoms with E-state index in [4.69, 9.17) is 4.74 Å². The highest BCUT2D eigenvalue weighted by atomic mass is 19.1. The molecule has 5 nitrogen and oxygen atoms in total. The second-order valence-electron chi connectivity index (χ2n) is 7.42. The molecule has 2 heterocycles. The van der Waals surface area contributed by atoms with Crippen LogP contribution in [-0.4, -0.2) is 30.9 Å². The minimum atomic E-state index is -0.535. The van der Waals surface area contributed by atoms with Gasteiger partial charge in [-0.2, -0.15) is 5.26 Å². The predicted molar refractivity (Wildman–Crippen MR) is 112 cm³/mol. The summed E-state index contributed by atoms with van der Waals surface area (Å²) in [5.41, 5.74) is 1.15. The fraction of sp³-hybridized carbons (Fsp3) is 0.478. The number of rotatable bonds is 8. The molecule has 1 aromatic heterocycles. The van der Waals surface area contributed by atoms with E-state index in [2.05, 4.69) is 17.9 Å². The number of benzene rings is 1. The Balaban J connectivity index is 1.83. The van der Waals surface area contributed by atoms with Crippen LogP contribution in [0.3, 0.4) is 0 Å². The minimum absolute atomic E-state index is 0.0613. The number of nitrogens with zero attached hydrogens (tertiary/aromatic N) is 3. The fourth-order valence-electron chi connectivity index (χ4n) is 4.04. The molecular formula is C23H28FN3O2. The molecule has 1 aliphatic heterocycles. The van der Waals surface area contributed by atoms with Crippen LogP contribution in [0.2, 0.25) is 0 Å². The van der Waals surface area contributed by atoms with Crippen molar-refractivity contribution in [3.8, 4) is 6.07 Å². The number of unbranched alkanes of at least 4 members (excludes halogenated alkanes) is 1. The van der Waals surface area contributed by atoms with Gasteiger partial charge in [0.05, 0.1) is 17.9 Å². The largest absolute Gasteiger partial charge is 0.370 e. The van der Waals surface area contributed by atoms with Crippen molar-refractivity contribution < 1.29 is 9.13 Å². The minimum Gasteiger partial charge on any atom is -0.370 e. The van der Waals surface area contributed by atoms with Crippen LogP contribution in [0, 0.1) is 11.3 Å². The van der Waals surface area contributed by atoms with Gasteiger partial charge in [-0.25, -0.2) is 4.39 Å². The molecule has 0 spiro atoms. The fourth-order valence-corrected chi connectivity index (χ4v) is 4.04. The number of aryl methyl sites for hydroxylation is 1. The Morgan fingerprint density at radius 3 is 2.55 bits per heavy atom. The first kappa shape index (κ1) is 21.1. The SMILES string of the molecule is CCCCn1ccc(N2CCC(OCCF)(c3ccccc3)CC2)c(C#N)c1=O. The Labute approximate surface area is 171 Å². The van der Waals surface area contributed by atoms with Crippen LogP contribution < -0.4 is 10.5 Å². The van der Waals surface area contributed by atoms with E-state index in [1.54, 1.807) is 10.8 Å². The van der Waals surface area contributed by atoms with Crippen LogP contribution in [0.25, 0.3) is 0 Å². The average Bonchev–Trinajstić information content (AvgIpc) is 2.77. The normalized spacial score (nSPS) is 15.8. The number of piperidine rings is 1. The molecule has 0 radical (unpaired) electrons. The third kappa shape index (κ3) is 4.51. The van der Waals surface area contributed by atoms with Crippen molar-refractivity contribution in [1.29, 1.82) is 5.26 Å². The zero-order chi connectivity index (χ0) is 20.7. The lowest BCUT2D eigenvalue weighted by Gasteiger charge is -2.43. The zero-order valence-corrected chi connectivity index (χ0v) is 16.9. The van der Waals surface area contributed by atoms with Crippen molar-refractivity contribution in [3.05, 3.63) is 64.1 Å². The summed E-state index contributed by atoms with van der Waals surface area (Å²) in [6.07, 6.45) is 5.01. The van der Waals surface area contributed by atoms with Crippen molar-refractivity contribution in [1.82, 2.24) is 4.57 Å². The summed E-state index contributed by atoms with van der Waals surface area (Å²) in [5.74, 6) is 0. The number of nitriles is 1. The molecule has 0 N–H and O–H groups in total. The molecule has 0 amide bonds. The van der Waals surface area contributed by atoms with Gasteiger partial charge in [0, 0.05) is 25.8 Å². The topological polar surface area (TPSA) is 58.3 Å². The van der Waals surface area contributed by atoms with Gasteiger partial charge in [-0.05, 0) is 30.9 Å². The Morgan fingerprint density at radius 1 is 1.21 bits per heavy atom. The molecule has 0 atom stereocenters. The highest BCUT2D eigenvalue weighted by Gasteiger charge is 2.37. The number of ether oxygens (including phenoxy) is 1. The average molecular weight is 397 g/mol. The third-order valence-electron chi connectivity index (χ3n) is 5.67. The quantitative estimate of drug-likeness (QED) is 0.676. The predicted octanol–water partition coefficient (Wildman–Crippen LogP) is 4.00. The van der Waals surface area contributed by atoms with Crippen LogP contribution in [0.15, 0.2) is 47.4 Å². The van der Waals surface area contributed by atoms with Gasteiger partial charge in [0.2, 0.25) is 0 Å². The number of hydrogen-bond donors (Lipinski definition) is 0. The number of hydrogen-bond acceptors (Lipinski definition) is 4. The second kappa shape index (κ2) is 9.71. The molecule has 0 bridgehead atoms. The summed E-state index contributed by atoms with van der Waals surface area (Å²) in [4.78, 5) is 14.8. The molecular weight excluding hydrogens is 369 g/mol. The summed E-state index contributed by atoms with van der Waals surface area (Å²) in [6, 6.07) is 13.9. The molecule has 0 unspecified atom stereocenters. The molecule has 6 heteroatoms. The second-order valence-corrected chi connectivity index (χ2v) is 7.42. The van der Waals surface area contributed by atoms with Crippen molar-refractivity contribution >= 4 is 5.69 Å². The Morgan fingerprint density at radius 2 is 1.93 bits per heavy atom. The van der Waals surface area contributed by atoms with Gasteiger partial charge in [-0.1, -0.05) is 43.7 Å². The lowest BCUT2D eigenvalue weighted by atomic mass is 9.84. The summed E-state index contributed by atoms with van der Waals surface area (Å²) in [7, 11) is 0. The van der Waals surface area contributed by atoms with Crippen LogP contribution in [0.1, 0.15) is 43.7 Å². The molecule has 154 valence electrons. The number of pyridine rings is 1. The molecule has 29 heavy (non-hydrogen) atoms. The van der Waals surface area contributed by atoms with Crippen molar-refractivity contribution in [2.24, 2.45) is 0 Å². The molecule has 2 aromatic rings. The van der Waals surface area contributed by atoms with E-state index in [1.165, 1.54) is 0 Å². The van der Waals surface area contributed by atoms with Gasteiger partial charge >= 0.3 is 0 Å². The summed E-state index contributed by atoms with van der Waals surface area (Å²) in [6.45, 7) is 3.50. The molecule has 1 saturated heterocycles. The lowest BCUT2D eigenvalue weighted by Crippen LogP contribution is -2.45. The Hall–Kier alpha value is -2.65. The molecule has 0 saturated carbocycles. The van der Waals surface area contributed by atoms with E-state index in [1.807, 2.05) is 36.4 Å². The van der Waals surface area contributed by atoms with Gasteiger partial charge < -0.3 is 14.2 Å². The zero-order valence-electron chi connectivity index (χ0n) is 16.9. The number of alkyl halides is 1. The van der Waals surface area contributed by atoms with Crippen LogP contribution in [-0.2, 0) is 16.9 Å². The van der Waals surface area contributed by atoms with Gasteiger partial charge in [0.25, 0.3) is 5.56 Å². The maximum absolute atomic E-state index is 12.8. The molecule has 1 aliphatic rings. The lowest BCUT2D eigenvalue weighted by molar-refractivity contribution is -0.0715. The third-order valence-corrected chi connectivity index (χ3v) is 5.67. The Bertz CT molecular complexity index is 897. The maximum Gasteiger partial charge on any atom is 0.270 e. The molecule has 1 aromatic carbocycles. The van der Waals surface area contributed by atoms with Gasteiger partial charge in [-0.3, -0.25) is 4.79 Å². The summed E-state index contributed by atoms with van der Waals surface area (Å²) < 4.78 is 20.5. The Kier molecular flexibility index (Phi) is 7.05. The number of aromatic nitrogens is 1. The van der Waals surface area contributed by atoms with E-state index in [-0.39, 0.29) is 17.7 Å². The highest BCUT2D eigenvalue weighted by molar-refractivity contribution is 5.58. The number of halogens is 1. The van der Waals surface area contributed by atoms with Crippen molar-refractivity contribution in [2.45, 2.75) is 44.8 Å². The highest BCUT2D eigenvalue weighted by Crippen LogP contribution is 2.38.